The number of aromatic nitrogens is 3. The third kappa shape index (κ3) is 2.24. The van der Waals surface area contributed by atoms with Crippen molar-refractivity contribution in [2.75, 3.05) is 0 Å². The molecule has 84 valence electrons. The van der Waals surface area contributed by atoms with Gasteiger partial charge in [0.05, 0.1) is 5.69 Å². The van der Waals surface area contributed by atoms with Crippen LogP contribution in [0.25, 0.3) is 0 Å². The molecule has 0 radical (unpaired) electrons. The summed E-state index contributed by atoms with van der Waals surface area (Å²) < 4.78 is 8.32. The van der Waals surface area contributed by atoms with Gasteiger partial charge in [0.1, 0.15) is 0 Å². The van der Waals surface area contributed by atoms with E-state index in [0.717, 1.165) is 15.7 Å². The second-order valence-corrected chi connectivity index (χ2v) is 4.54. The number of ether oxygens (including phenoxy) is 1. The normalized spacial score (nSPS) is 10.5. The number of aryl methyl sites for hydroxylation is 3. The molecule has 0 aliphatic rings. The highest BCUT2D eigenvalue weighted by molar-refractivity contribution is 9.10. The van der Waals surface area contributed by atoms with Gasteiger partial charge in [0, 0.05) is 29.3 Å². The van der Waals surface area contributed by atoms with Crippen molar-refractivity contribution in [3.05, 3.63) is 34.1 Å². The van der Waals surface area contributed by atoms with E-state index in [9.17, 15) is 0 Å². The van der Waals surface area contributed by atoms with Crippen molar-refractivity contribution >= 4 is 15.9 Å². The lowest BCUT2D eigenvalue weighted by Crippen LogP contribution is -1.97. The van der Waals surface area contributed by atoms with Gasteiger partial charge in [0.2, 0.25) is 11.8 Å². The maximum absolute atomic E-state index is 5.68. The van der Waals surface area contributed by atoms with Crippen LogP contribution in [0.15, 0.2) is 22.8 Å². The van der Waals surface area contributed by atoms with E-state index in [2.05, 4.69) is 26.0 Å². The average Bonchev–Trinajstić information content (AvgIpc) is 2.50. The lowest BCUT2D eigenvalue weighted by atomic mass is 10.3. The minimum absolute atomic E-state index is 0.603. The zero-order valence-corrected chi connectivity index (χ0v) is 10.9. The van der Waals surface area contributed by atoms with Gasteiger partial charge in [0.15, 0.2) is 0 Å². The molecule has 0 amide bonds. The standard InChI is InChI=1S/C11H12BrN3O/c1-7-4-9(12)6-13-11(7)16-10-5-8(2)14-15(10)3/h4-6H,1-3H3. The molecule has 0 aliphatic heterocycles. The minimum Gasteiger partial charge on any atom is -0.421 e. The van der Waals surface area contributed by atoms with Crippen LogP contribution in [0, 0.1) is 13.8 Å². The third-order valence-electron chi connectivity index (χ3n) is 2.16. The quantitative estimate of drug-likeness (QED) is 0.850. The van der Waals surface area contributed by atoms with Gasteiger partial charge in [-0.2, -0.15) is 5.10 Å². The fourth-order valence-corrected chi connectivity index (χ4v) is 1.86. The van der Waals surface area contributed by atoms with Crippen LogP contribution in [0.4, 0.5) is 0 Å². The molecule has 16 heavy (non-hydrogen) atoms. The Morgan fingerprint density at radius 3 is 2.62 bits per heavy atom. The van der Waals surface area contributed by atoms with E-state index < -0.39 is 0 Å². The van der Waals surface area contributed by atoms with Crippen molar-refractivity contribution in [3.8, 4) is 11.8 Å². The minimum atomic E-state index is 0.603. The molecule has 5 heteroatoms. The van der Waals surface area contributed by atoms with Gasteiger partial charge < -0.3 is 4.74 Å². The maximum Gasteiger partial charge on any atom is 0.224 e. The van der Waals surface area contributed by atoms with Crippen LogP contribution in [-0.4, -0.2) is 14.8 Å². The summed E-state index contributed by atoms with van der Waals surface area (Å²) >= 11 is 3.36. The molecule has 2 heterocycles. The van der Waals surface area contributed by atoms with Crippen molar-refractivity contribution in [2.24, 2.45) is 7.05 Å². The van der Waals surface area contributed by atoms with Gasteiger partial charge in [-0.05, 0) is 35.8 Å². The van der Waals surface area contributed by atoms with Gasteiger partial charge in [-0.1, -0.05) is 0 Å². The molecule has 0 unspecified atom stereocenters. The van der Waals surface area contributed by atoms with Gasteiger partial charge in [-0.25, -0.2) is 9.67 Å². The largest absolute Gasteiger partial charge is 0.421 e. The Morgan fingerprint density at radius 1 is 1.31 bits per heavy atom. The number of halogens is 1. The Labute approximate surface area is 102 Å². The van der Waals surface area contributed by atoms with Crippen LogP contribution in [0.3, 0.4) is 0 Å². The summed E-state index contributed by atoms with van der Waals surface area (Å²) in [4.78, 5) is 4.21. The lowest BCUT2D eigenvalue weighted by molar-refractivity contribution is 0.412. The van der Waals surface area contributed by atoms with E-state index in [0.29, 0.717) is 11.8 Å². The summed E-state index contributed by atoms with van der Waals surface area (Å²) in [5.41, 5.74) is 1.90. The van der Waals surface area contributed by atoms with Gasteiger partial charge >= 0.3 is 0 Å². The predicted octanol–water partition coefficient (Wildman–Crippen LogP) is 2.99. The smallest absolute Gasteiger partial charge is 0.224 e. The monoisotopic (exact) mass is 281 g/mol. The molecule has 4 nitrogen and oxygen atoms in total. The van der Waals surface area contributed by atoms with Crippen LogP contribution < -0.4 is 4.74 Å². The molecule has 0 saturated heterocycles. The highest BCUT2D eigenvalue weighted by atomic mass is 79.9. The number of hydrogen-bond donors (Lipinski definition) is 0. The third-order valence-corrected chi connectivity index (χ3v) is 2.59. The fourth-order valence-electron chi connectivity index (χ4n) is 1.42. The molecule has 0 atom stereocenters. The van der Waals surface area contributed by atoms with Crippen LogP contribution in [0.2, 0.25) is 0 Å². The van der Waals surface area contributed by atoms with Crippen molar-refractivity contribution < 1.29 is 4.74 Å². The Kier molecular flexibility index (Phi) is 2.96. The van der Waals surface area contributed by atoms with Crippen LogP contribution in [-0.2, 0) is 7.05 Å². The molecule has 0 fully saturated rings. The highest BCUT2D eigenvalue weighted by Crippen LogP contribution is 2.24. The summed E-state index contributed by atoms with van der Waals surface area (Å²) in [7, 11) is 1.84. The lowest BCUT2D eigenvalue weighted by Gasteiger charge is -2.06. The number of rotatable bonds is 2. The average molecular weight is 282 g/mol. The molecule has 2 aromatic rings. The zero-order valence-electron chi connectivity index (χ0n) is 9.36. The first-order chi connectivity index (χ1) is 7.56. The Balaban J connectivity index is 2.30. The van der Waals surface area contributed by atoms with Crippen molar-refractivity contribution in [1.82, 2.24) is 14.8 Å². The van der Waals surface area contributed by atoms with E-state index in [1.165, 1.54) is 0 Å². The maximum atomic E-state index is 5.68. The van der Waals surface area contributed by atoms with E-state index in [-0.39, 0.29) is 0 Å². The molecule has 0 bridgehead atoms. The second kappa shape index (κ2) is 4.25. The van der Waals surface area contributed by atoms with Crippen molar-refractivity contribution in [2.45, 2.75) is 13.8 Å². The van der Waals surface area contributed by atoms with E-state index in [1.807, 2.05) is 33.0 Å². The predicted molar refractivity (Wildman–Crippen MR) is 64.7 cm³/mol. The van der Waals surface area contributed by atoms with Gasteiger partial charge in [-0.3, -0.25) is 0 Å². The summed E-state index contributed by atoms with van der Waals surface area (Å²) in [6.45, 7) is 3.88. The number of nitrogens with zero attached hydrogens (tertiary/aromatic N) is 3. The van der Waals surface area contributed by atoms with Crippen LogP contribution >= 0.6 is 15.9 Å². The fraction of sp³-hybridized carbons (Fsp3) is 0.273. The summed E-state index contributed by atoms with van der Waals surface area (Å²) in [5.74, 6) is 1.29. The van der Waals surface area contributed by atoms with E-state index >= 15 is 0 Å². The second-order valence-electron chi connectivity index (χ2n) is 3.63. The highest BCUT2D eigenvalue weighted by Gasteiger charge is 2.07. The summed E-state index contributed by atoms with van der Waals surface area (Å²) in [6.07, 6.45) is 1.71. The topological polar surface area (TPSA) is 39.9 Å². The van der Waals surface area contributed by atoms with Crippen molar-refractivity contribution in [1.29, 1.82) is 0 Å². The molecule has 0 saturated carbocycles. The zero-order chi connectivity index (χ0) is 11.7. The SMILES string of the molecule is Cc1cc(Oc2ncc(Br)cc2C)n(C)n1. The molecule has 0 spiro atoms. The molecule has 0 aliphatic carbocycles. The summed E-state index contributed by atoms with van der Waals surface area (Å²) in [6, 6.07) is 3.84. The molecule has 0 aromatic carbocycles. The number of pyridine rings is 1. The molecule has 2 aromatic heterocycles. The van der Waals surface area contributed by atoms with E-state index in [4.69, 9.17) is 4.74 Å². The Bertz CT molecular complexity index is 522. The first kappa shape index (κ1) is 11.1. The summed E-state index contributed by atoms with van der Waals surface area (Å²) in [5, 5.41) is 4.21. The van der Waals surface area contributed by atoms with E-state index in [1.54, 1.807) is 10.9 Å². The first-order valence-electron chi connectivity index (χ1n) is 4.87. The van der Waals surface area contributed by atoms with Crippen molar-refractivity contribution in [3.63, 3.8) is 0 Å². The van der Waals surface area contributed by atoms with Gasteiger partial charge in [0.25, 0.3) is 0 Å². The van der Waals surface area contributed by atoms with Crippen LogP contribution in [0.5, 0.6) is 11.8 Å². The van der Waals surface area contributed by atoms with Gasteiger partial charge in [-0.15, -0.1) is 0 Å². The molecule has 0 N–H and O–H groups in total. The molecular weight excluding hydrogens is 270 g/mol. The molecular formula is C11H12BrN3O. The number of hydrogen-bond acceptors (Lipinski definition) is 3. The first-order valence-corrected chi connectivity index (χ1v) is 5.66. The Hall–Kier alpha value is -1.36. The molecule has 2 rings (SSSR count). The van der Waals surface area contributed by atoms with Crippen LogP contribution in [0.1, 0.15) is 11.3 Å². The Morgan fingerprint density at radius 2 is 2.06 bits per heavy atom.